The first-order valence-corrected chi connectivity index (χ1v) is 12.2. The van der Waals surface area contributed by atoms with Crippen molar-refractivity contribution in [1.29, 1.82) is 0 Å². The highest BCUT2D eigenvalue weighted by Crippen LogP contribution is 2.41. The molecule has 0 unspecified atom stereocenters. The standard InChI is InChI=1S/C30H29NO7/c1-6-35-30(34)21-7-11-24(12-8-21)38-25-13-9-23(10-14-25)31-29(33)22-15-26-19(4)27(37-20(5)32)17(2)18(3)28(26)36-16-22/h7-15H,6,16H2,1-5H3,(H,31,33). The van der Waals surface area contributed by atoms with Crippen LogP contribution in [0, 0.1) is 20.8 Å². The molecule has 1 aliphatic heterocycles. The van der Waals surface area contributed by atoms with Gasteiger partial charge in [0.15, 0.2) is 0 Å². The van der Waals surface area contributed by atoms with Crippen LogP contribution in [-0.2, 0) is 14.3 Å². The molecule has 3 aromatic rings. The summed E-state index contributed by atoms with van der Waals surface area (Å²) >= 11 is 0. The van der Waals surface area contributed by atoms with E-state index in [0.717, 1.165) is 22.3 Å². The Hall–Kier alpha value is -4.59. The third-order valence-electron chi connectivity index (χ3n) is 6.17. The Labute approximate surface area is 221 Å². The molecule has 0 atom stereocenters. The monoisotopic (exact) mass is 515 g/mol. The molecule has 38 heavy (non-hydrogen) atoms. The van der Waals surface area contributed by atoms with Crippen molar-refractivity contribution in [2.45, 2.75) is 34.6 Å². The molecular weight excluding hydrogens is 486 g/mol. The van der Waals surface area contributed by atoms with Gasteiger partial charge < -0.3 is 24.3 Å². The van der Waals surface area contributed by atoms with Crippen molar-refractivity contribution in [3.63, 3.8) is 0 Å². The summed E-state index contributed by atoms with van der Waals surface area (Å²) in [5.74, 6) is 1.21. The number of fused-ring (bicyclic) bond motifs is 1. The van der Waals surface area contributed by atoms with Gasteiger partial charge in [-0.2, -0.15) is 0 Å². The molecule has 0 aliphatic carbocycles. The molecule has 1 heterocycles. The van der Waals surface area contributed by atoms with Crippen molar-refractivity contribution in [1.82, 2.24) is 0 Å². The Balaban J connectivity index is 1.45. The fourth-order valence-electron chi connectivity index (χ4n) is 4.10. The number of carbonyl (C=O) groups is 3. The van der Waals surface area contributed by atoms with Crippen LogP contribution in [-0.4, -0.2) is 31.1 Å². The van der Waals surface area contributed by atoms with E-state index in [4.69, 9.17) is 18.9 Å². The lowest BCUT2D eigenvalue weighted by Gasteiger charge is -2.24. The predicted octanol–water partition coefficient (Wildman–Crippen LogP) is 5.92. The quantitative estimate of drug-likeness (QED) is 0.308. The van der Waals surface area contributed by atoms with Gasteiger partial charge in [-0.15, -0.1) is 0 Å². The highest BCUT2D eigenvalue weighted by atomic mass is 16.5. The third kappa shape index (κ3) is 5.70. The molecule has 0 spiro atoms. The molecule has 8 heteroatoms. The van der Waals surface area contributed by atoms with E-state index in [-0.39, 0.29) is 18.5 Å². The average Bonchev–Trinajstić information content (AvgIpc) is 2.91. The van der Waals surface area contributed by atoms with Crippen LogP contribution in [0.15, 0.2) is 54.1 Å². The summed E-state index contributed by atoms with van der Waals surface area (Å²) in [6, 6.07) is 13.6. The minimum absolute atomic E-state index is 0.119. The molecule has 196 valence electrons. The number of rotatable bonds is 7. The number of hydrogen-bond donors (Lipinski definition) is 1. The molecule has 0 radical (unpaired) electrons. The second kappa shape index (κ2) is 11.2. The molecule has 4 rings (SSSR count). The van der Waals surface area contributed by atoms with Gasteiger partial charge in [0.05, 0.1) is 17.7 Å². The second-order valence-electron chi connectivity index (χ2n) is 8.82. The number of esters is 2. The number of anilines is 1. The summed E-state index contributed by atoms with van der Waals surface area (Å²) in [4.78, 5) is 36.4. The first kappa shape index (κ1) is 26.5. The molecule has 0 bridgehead atoms. The number of nitrogens with one attached hydrogen (secondary N) is 1. The normalized spacial score (nSPS) is 12.0. The van der Waals surface area contributed by atoms with Crippen LogP contribution in [0.4, 0.5) is 5.69 Å². The molecule has 0 aromatic heterocycles. The summed E-state index contributed by atoms with van der Waals surface area (Å²) < 4.78 is 22.2. The lowest BCUT2D eigenvalue weighted by atomic mass is 9.94. The van der Waals surface area contributed by atoms with E-state index in [9.17, 15) is 14.4 Å². The highest BCUT2D eigenvalue weighted by molar-refractivity contribution is 6.07. The Morgan fingerprint density at radius 1 is 0.895 bits per heavy atom. The summed E-state index contributed by atoms with van der Waals surface area (Å²) in [6.45, 7) is 9.16. The molecule has 0 saturated carbocycles. The van der Waals surface area contributed by atoms with E-state index in [0.29, 0.717) is 46.4 Å². The largest absolute Gasteiger partial charge is 0.488 e. The van der Waals surface area contributed by atoms with Crippen molar-refractivity contribution in [3.8, 4) is 23.0 Å². The van der Waals surface area contributed by atoms with Gasteiger partial charge >= 0.3 is 11.9 Å². The van der Waals surface area contributed by atoms with Gasteiger partial charge in [-0.05, 0) is 93.4 Å². The van der Waals surface area contributed by atoms with Crippen molar-refractivity contribution < 1.29 is 33.3 Å². The van der Waals surface area contributed by atoms with E-state index >= 15 is 0 Å². The molecule has 1 amide bonds. The van der Waals surface area contributed by atoms with Crippen molar-refractivity contribution in [3.05, 3.63) is 81.9 Å². The Kier molecular flexibility index (Phi) is 7.81. The zero-order valence-electron chi connectivity index (χ0n) is 22.0. The summed E-state index contributed by atoms with van der Waals surface area (Å²) in [5, 5.41) is 2.88. The highest BCUT2D eigenvalue weighted by Gasteiger charge is 2.25. The molecule has 0 saturated heterocycles. The minimum Gasteiger partial charge on any atom is -0.488 e. The lowest BCUT2D eigenvalue weighted by Crippen LogP contribution is -2.22. The van der Waals surface area contributed by atoms with Crippen molar-refractivity contribution in [2.75, 3.05) is 18.5 Å². The van der Waals surface area contributed by atoms with E-state index < -0.39 is 5.97 Å². The zero-order chi connectivity index (χ0) is 27.4. The van der Waals surface area contributed by atoms with Gasteiger partial charge in [0.2, 0.25) is 0 Å². The van der Waals surface area contributed by atoms with Crippen molar-refractivity contribution in [2.24, 2.45) is 0 Å². The van der Waals surface area contributed by atoms with Gasteiger partial charge in [0.1, 0.15) is 29.6 Å². The predicted molar refractivity (Wildman–Crippen MR) is 143 cm³/mol. The van der Waals surface area contributed by atoms with E-state index in [1.54, 1.807) is 61.5 Å². The topological polar surface area (TPSA) is 100 Å². The molecule has 8 nitrogen and oxygen atoms in total. The van der Waals surface area contributed by atoms with Crippen molar-refractivity contribution >= 4 is 29.6 Å². The van der Waals surface area contributed by atoms with E-state index in [1.807, 2.05) is 20.8 Å². The zero-order valence-corrected chi connectivity index (χ0v) is 22.0. The summed E-state index contributed by atoms with van der Waals surface area (Å²) in [5.41, 5.74) is 4.63. The molecular formula is C30H29NO7. The van der Waals surface area contributed by atoms with Crippen LogP contribution in [0.1, 0.15) is 46.5 Å². The van der Waals surface area contributed by atoms with Gasteiger partial charge in [-0.1, -0.05) is 0 Å². The average molecular weight is 516 g/mol. The molecule has 3 aromatic carbocycles. The number of amides is 1. The van der Waals surface area contributed by atoms with Crippen LogP contribution in [0.25, 0.3) is 6.08 Å². The first-order valence-electron chi connectivity index (χ1n) is 12.2. The maximum atomic E-state index is 13.0. The first-order chi connectivity index (χ1) is 18.2. The third-order valence-corrected chi connectivity index (χ3v) is 6.17. The molecule has 1 N–H and O–H groups in total. The number of carbonyl (C=O) groups excluding carboxylic acids is 3. The summed E-state index contributed by atoms with van der Waals surface area (Å²) in [7, 11) is 0. The van der Waals surface area contributed by atoms with E-state index in [1.165, 1.54) is 6.92 Å². The Morgan fingerprint density at radius 2 is 1.53 bits per heavy atom. The van der Waals surface area contributed by atoms with Gasteiger partial charge in [0, 0.05) is 23.7 Å². The fourth-order valence-corrected chi connectivity index (χ4v) is 4.10. The van der Waals surface area contributed by atoms with Crippen LogP contribution >= 0.6 is 0 Å². The van der Waals surface area contributed by atoms with Crippen LogP contribution in [0.5, 0.6) is 23.0 Å². The van der Waals surface area contributed by atoms with Crippen LogP contribution in [0.3, 0.4) is 0 Å². The Morgan fingerprint density at radius 3 is 2.13 bits per heavy atom. The number of hydrogen-bond acceptors (Lipinski definition) is 7. The maximum absolute atomic E-state index is 13.0. The molecule has 0 fully saturated rings. The Bertz CT molecular complexity index is 1420. The maximum Gasteiger partial charge on any atom is 0.338 e. The van der Waals surface area contributed by atoms with E-state index in [2.05, 4.69) is 5.32 Å². The van der Waals surface area contributed by atoms with Gasteiger partial charge in [0.25, 0.3) is 5.91 Å². The second-order valence-corrected chi connectivity index (χ2v) is 8.82. The van der Waals surface area contributed by atoms with Crippen LogP contribution in [0.2, 0.25) is 0 Å². The lowest BCUT2D eigenvalue weighted by molar-refractivity contribution is -0.132. The number of benzene rings is 3. The smallest absolute Gasteiger partial charge is 0.338 e. The SMILES string of the molecule is CCOC(=O)c1ccc(Oc2ccc(NC(=O)C3=Cc4c(C)c(OC(C)=O)c(C)c(C)c4OC3)cc2)cc1. The van der Waals surface area contributed by atoms with Crippen LogP contribution < -0.4 is 19.5 Å². The molecule has 1 aliphatic rings. The van der Waals surface area contributed by atoms with Gasteiger partial charge in [-0.3, -0.25) is 9.59 Å². The number of ether oxygens (including phenoxy) is 4. The van der Waals surface area contributed by atoms with Gasteiger partial charge in [-0.25, -0.2) is 4.79 Å². The minimum atomic E-state index is -0.407. The summed E-state index contributed by atoms with van der Waals surface area (Å²) in [6.07, 6.45) is 1.78. The fraction of sp³-hybridized carbons (Fsp3) is 0.233.